The van der Waals surface area contributed by atoms with Crippen LogP contribution in [0, 0.1) is 0 Å². The molecular formula is C18H20N2. The molecule has 2 nitrogen and oxygen atoms in total. The number of aliphatic imine (C=N–C) groups is 2. The van der Waals surface area contributed by atoms with Gasteiger partial charge in [0.25, 0.3) is 0 Å². The molecule has 0 aromatic carbocycles. The van der Waals surface area contributed by atoms with Gasteiger partial charge >= 0.3 is 0 Å². The number of rotatable bonds is 9. The zero-order valence-electron chi connectivity index (χ0n) is 11.8. The molecule has 0 bridgehead atoms. The van der Waals surface area contributed by atoms with E-state index >= 15 is 0 Å². The first-order valence-electron chi connectivity index (χ1n) is 5.98. The van der Waals surface area contributed by atoms with E-state index in [4.69, 9.17) is 0 Å². The lowest BCUT2D eigenvalue weighted by molar-refractivity contribution is 1.38. The highest BCUT2D eigenvalue weighted by atomic mass is 14.8. The fraction of sp³-hybridized carbons (Fsp3) is 0. The van der Waals surface area contributed by atoms with E-state index in [1.807, 2.05) is 0 Å². The third-order valence-electron chi connectivity index (χ3n) is 2.26. The maximum Gasteiger partial charge on any atom is 0.0964 e. The highest BCUT2D eigenvalue weighted by Gasteiger charge is 2.11. The fourth-order valence-electron chi connectivity index (χ4n) is 1.41. The van der Waals surface area contributed by atoms with Crippen molar-refractivity contribution in [2.24, 2.45) is 9.98 Å². The summed E-state index contributed by atoms with van der Waals surface area (Å²) in [4.78, 5) is 8.62. The number of hydrogen-bond donors (Lipinski definition) is 0. The van der Waals surface area contributed by atoms with Crippen LogP contribution < -0.4 is 0 Å². The van der Waals surface area contributed by atoms with Gasteiger partial charge in [-0.05, 0) is 0 Å². The maximum absolute atomic E-state index is 4.35. The van der Waals surface area contributed by atoms with E-state index in [9.17, 15) is 0 Å². The van der Waals surface area contributed by atoms with Crippen LogP contribution in [0.15, 0.2) is 109 Å². The summed E-state index contributed by atoms with van der Waals surface area (Å²) in [6.07, 6.45) is 13.1. The van der Waals surface area contributed by atoms with Crippen LogP contribution in [0.25, 0.3) is 0 Å². The van der Waals surface area contributed by atoms with E-state index in [1.54, 1.807) is 42.7 Å². The molecule has 0 aliphatic heterocycles. The van der Waals surface area contributed by atoms with Crippen molar-refractivity contribution in [3.63, 3.8) is 0 Å². The highest BCUT2D eigenvalue weighted by molar-refractivity contribution is 6.15. The molecule has 20 heavy (non-hydrogen) atoms. The Labute approximate surface area is 121 Å². The average Bonchev–Trinajstić information content (AvgIpc) is 2.47. The molecule has 102 valence electrons. The van der Waals surface area contributed by atoms with E-state index in [0.717, 1.165) is 11.1 Å². The van der Waals surface area contributed by atoms with Crippen LogP contribution in [0.4, 0.5) is 0 Å². The summed E-state index contributed by atoms with van der Waals surface area (Å²) < 4.78 is 0. The second kappa shape index (κ2) is 10.2. The van der Waals surface area contributed by atoms with Crippen molar-refractivity contribution in [3.05, 3.63) is 99.0 Å². The van der Waals surface area contributed by atoms with Crippen molar-refractivity contribution < 1.29 is 0 Å². The molecular weight excluding hydrogens is 244 g/mol. The summed E-state index contributed by atoms with van der Waals surface area (Å²) in [5.41, 5.74) is 2.75. The van der Waals surface area contributed by atoms with Crippen molar-refractivity contribution >= 4 is 11.9 Å². The van der Waals surface area contributed by atoms with Gasteiger partial charge < -0.3 is 0 Å². The van der Waals surface area contributed by atoms with Crippen molar-refractivity contribution in [2.75, 3.05) is 0 Å². The minimum atomic E-state index is 0.614. The first-order valence-corrected chi connectivity index (χ1v) is 5.98. The first kappa shape index (κ1) is 17.3. The Balaban J connectivity index is 6.32. The summed E-state index contributed by atoms with van der Waals surface area (Å²) in [6.45, 7) is 22.2. The number of hydrogen-bond acceptors (Lipinski definition) is 2. The lowest BCUT2D eigenvalue weighted by Gasteiger charge is -2.09. The minimum absolute atomic E-state index is 0.614. The van der Waals surface area contributed by atoms with Crippen molar-refractivity contribution in [1.82, 2.24) is 0 Å². The van der Waals surface area contributed by atoms with E-state index in [-0.39, 0.29) is 0 Å². The normalized spacial score (nSPS) is 11.6. The van der Waals surface area contributed by atoms with Crippen molar-refractivity contribution in [3.8, 4) is 0 Å². The molecule has 0 aliphatic rings. The average molecular weight is 264 g/mol. The van der Waals surface area contributed by atoms with Gasteiger partial charge in [0.1, 0.15) is 0 Å². The van der Waals surface area contributed by atoms with Crippen LogP contribution in [0.3, 0.4) is 0 Å². The zero-order chi connectivity index (χ0) is 15.4. The maximum atomic E-state index is 4.35. The van der Waals surface area contributed by atoms with Gasteiger partial charge in [0.05, 0.1) is 11.4 Å². The monoisotopic (exact) mass is 264 g/mol. The molecule has 0 N–H and O–H groups in total. The van der Waals surface area contributed by atoms with Gasteiger partial charge in [-0.2, -0.15) is 0 Å². The van der Waals surface area contributed by atoms with Crippen LogP contribution in [0.2, 0.25) is 0 Å². The topological polar surface area (TPSA) is 24.7 Å². The predicted molar refractivity (Wildman–Crippen MR) is 92.2 cm³/mol. The molecule has 0 saturated carbocycles. The Morgan fingerprint density at radius 2 is 1.45 bits per heavy atom. The molecule has 0 aliphatic carbocycles. The van der Waals surface area contributed by atoms with Gasteiger partial charge in [-0.25, -0.2) is 0 Å². The largest absolute Gasteiger partial charge is 0.255 e. The van der Waals surface area contributed by atoms with Gasteiger partial charge in [0.2, 0.25) is 0 Å². The van der Waals surface area contributed by atoms with Gasteiger partial charge in [-0.1, -0.05) is 75.9 Å². The molecule has 0 radical (unpaired) electrons. The lowest BCUT2D eigenvalue weighted by atomic mass is 10.0. The molecule has 0 saturated heterocycles. The molecule has 0 amide bonds. The van der Waals surface area contributed by atoms with E-state index in [1.165, 1.54) is 6.20 Å². The standard InChI is InChI=1S/C18H20N2/c1-7-13-16(11-5)18(19-12-6)17(20-14-8-2)15(9-3)10-4/h7-14H,1-6H2/b16-13-,19-18?,20-14?. The number of nitrogens with zero attached hydrogens (tertiary/aromatic N) is 2. The summed E-state index contributed by atoms with van der Waals surface area (Å²) in [5.74, 6) is 0. The molecule has 0 aromatic rings. The highest BCUT2D eigenvalue weighted by Crippen LogP contribution is 2.17. The summed E-state index contributed by atoms with van der Waals surface area (Å²) in [5, 5.41) is 0. The fourth-order valence-corrected chi connectivity index (χ4v) is 1.41. The quantitative estimate of drug-likeness (QED) is 0.424. The Morgan fingerprint density at radius 1 is 0.800 bits per heavy atom. The Bertz CT molecular complexity index is 528. The smallest absolute Gasteiger partial charge is 0.0964 e. The zero-order valence-corrected chi connectivity index (χ0v) is 11.8. The Morgan fingerprint density at radius 3 is 1.85 bits per heavy atom. The third kappa shape index (κ3) is 4.86. The van der Waals surface area contributed by atoms with Crippen molar-refractivity contribution in [2.45, 2.75) is 0 Å². The summed E-state index contributed by atoms with van der Waals surface area (Å²) in [6, 6.07) is 0. The second-order valence-corrected chi connectivity index (χ2v) is 3.45. The van der Waals surface area contributed by atoms with E-state index in [2.05, 4.69) is 49.5 Å². The number of allylic oxidation sites excluding steroid dienone is 8. The van der Waals surface area contributed by atoms with Crippen LogP contribution in [0.1, 0.15) is 0 Å². The molecule has 0 fully saturated rings. The molecule has 2 heteroatoms. The SMILES string of the molecule is C=CC=NC(C(=NC=C)/C(C=C)=C\C=C)=C(C=C)C=C. The van der Waals surface area contributed by atoms with E-state index in [0.29, 0.717) is 11.4 Å². The minimum Gasteiger partial charge on any atom is -0.255 e. The summed E-state index contributed by atoms with van der Waals surface area (Å²) in [7, 11) is 0. The van der Waals surface area contributed by atoms with Crippen molar-refractivity contribution in [1.29, 1.82) is 0 Å². The molecule has 0 heterocycles. The van der Waals surface area contributed by atoms with Crippen LogP contribution >= 0.6 is 0 Å². The van der Waals surface area contributed by atoms with Gasteiger partial charge in [0, 0.05) is 23.6 Å². The van der Waals surface area contributed by atoms with E-state index < -0.39 is 0 Å². The Kier molecular flexibility index (Phi) is 8.81. The van der Waals surface area contributed by atoms with Crippen LogP contribution in [0.5, 0.6) is 0 Å². The van der Waals surface area contributed by atoms with Gasteiger partial charge in [-0.15, -0.1) is 0 Å². The van der Waals surface area contributed by atoms with Gasteiger partial charge in [-0.3, -0.25) is 9.98 Å². The summed E-state index contributed by atoms with van der Waals surface area (Å²) >= 11 is 0. The molecule has 0 unspecified atom stereocenters. The second-order valence-electron chi connectivity index (χ2n) is 3.45. The predicted octanol–water partition coefficient (Wildman–Crippen LogP) is 4.75. The molecule has 0 aromatic heterocycles. The van der Waals surface area contributed by atoms with Gasteiger partial charge in [0.15, 0.2) is 0 Å². The molecule has 0 rings (SSSR count). The Hall–Kier alpha value is -2.74. The molecule has 0 spiro atoms. The lowest BCUT2D eigenvalue weighted by Crippen LogP contribution is -2.06. The van der Waals surface area contributed by atoms with Crippen LogP contribution in [-0.2, 0) is 0 Å². The molecule has 0 atom stereocenters. The van der Waals surface area contributed by atoms with Crippen LogP contribution in [-0.4, -0.2) is 11.9 Å². The first-order chi connectivity index (χ1) is 9.69. The third-order valence-corrected chi connectivity index (χ3v) is 2.26.